The van der Waals surface area contributed by atoms with E-state index in [4.69, 9.17) is 9.47 Å². The Morgan fingerprint density at radius 3 is 1.40 bits per heavy atom. The first-order valence-electron chi connectivity index (χ1n) is 7.14. The first-order valence-corrected chi connectivity index (χ1v) is 7.14. The molecule has 0 spiro atoms. The monoisotopic (exact) mass is 264 g/mol. The predicted molar refractivity (Wildman–Crippen MR) is 81.7 cm³/mol. The van der Waals surface area contributed by atoms with Crippen molar-refractivity contribution in [2.75, 3.05) is 13.2 Å². The highest BCUT2D eigenvalue weighted by Gasteiger charge is 2.17. The zero-order valence-corrected chi connectivity index (χ0v) is 11.3. The average Bonchev–Trinajstić information content (AvgIpc) is 2.47. The van der Waals surface area contributed by atoms with Gasteiger partial charge in [0.1, 0.15) is 0 Å². The van der Waals surface area contributed by atoms with Gasteiger partial charge in [-0.25, -0.2) is 0 Å². The molecule has 1 aliphatic heterocycles. The molecule has 100 valence electrons. The Balaban J connectivity index is 2.15. The number of fused-ring (bicyclic) bond motifs is 6. The van der Waals surface area contributed by atoms with Gasteiger partial charge in [0.15, 0.2) is 11.5 Å². The summed E-state index contributed by atoms with van der Waals surface area (Å²) < 4.78 is 12.0. The third-order valence-electron chi connectivity index (χ3n) is 3.87. The van der Waals surface area contributed by atoms with E-state index in [2.05, 4.69) is 48.5 Å². The summed E-state index contributed by atoms with van der Waals surface area (Å²) in [5.41, 5.74) is 0. The minimum atomic E-state index is 0.763. The lowest BCUT2D eigenvalue weighted by molar-refractivity contribution is 0.228. The van der Waals surface area contributed by atoms with Gasteiger partial charge < -0.3 is 9.47 Å². The van der Waals surface area contributed by atoms with Crippen molar-refractivity contribution >= 4 is 21.5 Å². The molecule has 0 saturated carbocycles. The number of rotatable bonds is 0. The van der Waals surface area contributed by atoms with Crippen molar-refractivity contribution in [1.29, 1.82) is 0 Å². The third-order valence-corrected chi connectivity index (χ3v) is 3.87. The minimum Gasteiger partial charge on any atom is -0.489 e. The van der Waals surface area contributed by atoms with Crippen LogP contribution >= 0.6 is 0 Å². The summed E-state index contributed by atoms with van der Waals surface area (Å²) in [7, 11) is 0. The molecule has 0 N–H and O–H groups in total. The maximum absolute atomic E-state index is 6.02. The Morgan fingerprint density at radius 2 is 0.950 bits per heavy atom. The number of hydrogen-bond acceptors (Lipinski definition) is 2. The fourth-order valence-electron chi connectivity index (χ4n) is 2.92. The molecule has 1 heterocycles. The fraction of sp³-hybridized carbons (Fsp3) is 0.222. The number of ether oxygens (including phenoxy) is 2. The molecule has 0 atom stereocenters. The summed E-state index contributed by atoms with van der Waals surface area (Å²) in [4.78, 5) is 0. The second kappa shape index (κ2) is 4.71. The molecule has 0 aromatic heterocycles. The first kappa shape index (κ1) is 11.6. The van der Waals surface area contributed by atoms with Crippen LogP contribution in [0.1, 0.15) is 12.8 Å². The van der Waals surface area contributed by atoms with Gasteiger partial charge in [-0.15, -0.1) is 0 Å². The minimum absolute atomic E-state index is 0.763. The molecule has 0 fully saturated rings. The van der Waals surface area contributed by atoms with Gasteiger partial charge in [-0.2, -0.15) is 0 Å². The van der Waals surface area contributed by atoms with Crippen molar-refractivity contribution < 1.29 is 9.47 Å². The van der Waals surface area contributed by atoms with Crippen LogP contribution in [0.4, 0.5) is 0 Å². The molecular weight excluding hydrogens is 248 g/mol. The first-order chi connectivity index (χ1) is 9.95. The summed E-state index contributed by atoms with van der Waals surface area (Å²) in [5.74, 6) is 1.80. The molecule has 0 amide bonds. The van der Waals surface area contributed by atoms with Crippen LogP contribution in [0.15, 0.2) is 48.5 Å². The SMILES string of the molecule is c1ccc2c(c1)c1c(c3ccccc32)OCCCCO1. The van der Waals surface area contributed by atoms with Crippen molar-refractivity contribution in [3.05, 3.63) is 48.5 Å². The van der Waals surface area contributed by atoms with Gasteiger partial charge in [0.2, 0.25) is 0 Å². The summed E-state index contributed by atoms with van der Waals surface area (Å²) in [6, 6.07) is 16.8. The van der Waals surface area contributed by atoms with Crippen LogP contribution in [0, 0.1) is 0 Å². The van der Waals surface area contributed by atoms with E-state index in [9.17, 15) is 0 Å². The molecule has 0 radical (unpaired) electrons. The zero-order valence-electron chi connectivity index (χ0n) is 11.3. The van der Waals surface area contributed by atoms with Gasteiger partial charge in [0, 0.05) is 10.8 Å². The summed E-state index contributed by atoms with van der Waals surface area (Å²) in [6.07, 6.45) is 2.08. The van der Waals surface area contributed by atoms with Gasteiger partial charge in [-0.3, -0.25) is 0 Å². The quantitative estimate of drug-likeness (QED) is 0.555. The van der Waals surface area contributed by atoms with E-state index in [1.54, 1.807) is 0 Å². The smallest absolute Gasteiger partial charge is 0.169 e. The lowest BCUT2D eigenvalue weighted by Crippen LogP contribution is -2.09. The van der Waals surface area contributed by atoms with Crippen molar-refractivity contribution in [2.24, 2.45) is 0 Å². The normalized spacial score (nSPS) is 15.0. The summed E-state index contributed by atoms with van der Waals surface area (Å²) >= 11 is 0. The molecule has 0 aliphatic carbocycles. The van der Waals surface area contributed by atoms with Gasteiger partial charge in [0.05, 0.1) is 13.2 Å². The Morgan fingerprint density at radius 1 is 0.550 bits per heavy atom. The molecule has 4 rings (SSSR count). The molecule has 3 aromatic carbocycles. The van der Waals surface area contributed by atoms with Crippen molar-refractivity contribution in [3.8, 4) is 11.5 Å². The molecule has 1 aliphatic rings. The van der Waals surface area contributed by atoms with E-state index in [-0.39, 0.29) is 0 Å². The maximum Gasteiger partial charge on any atom is 0.169 e. The highest BCUT2D eigenvalue weighted by Crippen LogP contribution is 2.44. The van der Waals surface area contributed by atoms with Crippen molar-refractivity contribution in [2.45, 2.75) is 12.8 Å². The molecule has 2 nitrogen and oxygen atoms in total. The second-order valence-corrected chi connectivity index (χ2v) is 5.15. The van der Waals surface area contributed by atoms with Gasteiger partial charge in [0.25, 0.3) is 0 Å². The Bertz CT molecular complexity index is 710. The average molecular weight is 264 g/mol. The van der Waals surface area contributed by atoms with Crippen LogP contribution in [-0.2, 0) is 0 Å². The maximum atomic E-state index is 6.02. The molecule has 0 bridgehead atoms. The van der Waals surface area contributed by atoms with Crippen molar-refractivity contribution in [3.63, 3.8) is 0 Å². The fourth-order valence-corrected chi connectivity index (χ4v) is 2.92. The van der Waals surface area contributed by atoms with E-state index in [0.717, 1.165) is 48.3 Å². The van der Waals surface area contributed by atoms with Crippen molar-refractivity contribution in [1.82, 2.24) is 0 Å². The van der Waals surface area contributed by atoms with E-state index in [1.165, 1.54) is 10.8 Å². The van der Waals surface area contributed by atoms with Crippen LogP contribution in [0.3, 0.4) is 0 Å². The summed E-state index contributed by atoms with van der Waals surface area (Å²) in [6.45, 7) is 1.53. The zero-order chi connectivity index (χ0) is 13.4. The van der Waals surface area contributed by atoms with E-state index >= 15 is 0 Å². The topological polar surface area (TPSA) is 18.5 Å². The standard InChI is InChI=1S/C18H16O2/c1-3-9-15-13(7-1)14-8-2-4-10-16(14)18-17(15)19-11-5-6-12-20-18/h1-4,7-10H,5-6,11-12H2. The second-order valence-electron chi connectivity index (χ2n) is 5.15. The highest BCUT2D eigenvalue weighted by molar-refractivity contribution is 6.13. The Kier molecular flexibility index (Phi) is 2.73. The van der Waals surface area contributed by atoms with Gasteiger partial charge in [-0.05, 0) is 23.6 Å². The Hall–Kier alpha value is -2.22. The van der Waals surface area contributed by atoms with Crippen LogP contribution in [0.5, 0.6) is 11.5 Å². The van der Waals surface area contributed by atoms with Crippen LogP contribution in [-0.4, -0.2) is 13.2 Å². The summed E-state index contributed by atoms with van der Waals surface area (Å²) in [5, 5.41) is 4.74. The predicted octanol–water partition coefficient (Wildman–Crippen LogP) is 4.54. The van der Waals surface area contributed by atoms with Crippen LogP contribution < -0.4 is 9.47 Å². The number of benzene rings is 3. The molecular formula is C18H16O2. The van der Waals surface area contributed by atoms with Gasteiger partial charge in [-0.1, -0.05) is 48.5 Å². The van der Waals surface area contributed by atoms with E-state index < -0.39 is 0 Å². The van der Waals surface area contributed by atoms with Crippen LogP contribution in [0.2, 0.25) is 0 Å². The Labute approximate surface area is 117 Å². The van der Waals surface area contributed by atoms with E-state index in [1.807, 2.05) is 0 Å². The van der Waals surface area contributed by atoms with Gasteiger partial charge >= 0.3 is 0 Å². The molecule has 20 heavy (non-hydrogen) atoms. The molecule has 0 saturated heterocycles. The lowest BCUT2D eigenvalue weighted by atomic mass is 10.00. The highest BCUT2D eigenvalue weighted by atomic mass is 16.5. The molecule has 0 unspecified atom stereocenters. The number of hydrogen-bond donors (Lipinski definition) is 0. The lowest BCUT2D eigenvalue weighted by Gasteiger charge is -2.20. The molecule has 2 heteroatoms. The van der Waals surface area contributed by atoms with E-state index in [0.29, 0.717) is 0 Å². The largest absolute Gasteiger partial charge is 0.489 e. The molecule has 3 aromatic rings. The third kappa shape index (κ3) is 1.72. The van der Waals surface area contributed by atoms with Crippen LogP contribution in [0.25, 0.3) is 21.5 Å².